The summed E-state index contributed by atoms with van der Waals surface area (Å²) >= 11 is 0. The van der Waals surface area contributed by atoms with E-state index in [9.17, 15) is 4.79 Å². The second-order valence-electron chi connectivity index (χ2n) is 5.03. The molecule has 18 heavy (non-hydrogen) atoms. The predicted octanol–water partition coefficient (Wildman–Crippen LogP) is 2.20. The number of benzene rings is 1. The third kappa shape index (κ3) is 2.75. The minimum Gasteiger partial charge on any atom is -0.497 e. The third-order valence-electron chi connectivity index (χ3n) is 3.76. The van der Waals surface area contributed by atoms with Crippen LogP contribution in [0.25, 0.3) is 0 Å². The molecular weight excluding hydrogens is 228 g/mol. The molecule has 0 saturated heterocycles. The van der Waals surface area contributed by atoms with Crippen LogP contribution in [0.3, 0.4) is 0 Å². The number of hydrogen-bond donors (Lipinski definition) is 2. The molecule has 0 aromatic heterocycles. The molecule has 0 radical (unpaired) electrons. The molecule has 1 saturated carbocycles. The largest absolute Gasteiger partial charge is 0.497 e. The van der Waals surface area contributed by atoms with Crippen LogP contribution in [0, 0.1) is 5.41 Å². The van der Waals surface area contributed by atoms with Crippen molar-refractivity contribution in [2.45, 2.75) is 26.2 Å². The van der Waals surface area contributed by atoms with Crippen molar-refractivity contribution >= 4 is 11.6 Å². The molecule has 0 aliphatic heterocycles. The Bertz CT molecular complexity index is 453. The molecule has 3 N–H and O–H groups in total. The highest BCUT2D eigenvalue weighted by Gasteiger charge is 2.40. The number of nitrogens with two attached hydrogens (primary N) is 1. The molecular formula is C14H20N2O2. The van der Waals surface area contributed by atoms with Crippen molar-refractivity contribution in [3.63, 3.8) is 0 Å². The lowest BCUT2D eigenvalue weighted by Gasteiger charge is -2.14. The molecule has 0 unspecified atom stereocenters. The van der Waals surface area contributed by atoms with Crippen LogP contribution in [0.5, 0.6) is 5.75 Å². The van der Waals surface area contributed by atoms with E-state index in [0.717, 1.165) is 13.0 Å². The predicted molar refractivity (Wildman–Crippen MR) is 71.7 cm³/mol. The Kier molecular flexibility index (Phi) is 3.45. The summed E-state index contributed by atoms with van der Waals surface area (Å²) in [5.74, 6) is 0.525. The van der Waals surface area contributed by atoms with Crippen molar-refractivity contribution in [1.82, 2.24) is 5.32 Å². The summed E-state index contributed by atoms with van der Waals surface area (Å²) < 4.78 is 5.10. The molecule has 1 amide bonds. The van der Waals surface area contributed by atoms with Gasteiger partial charge in [-0.1, -0.05) is 6.92 Å². The summed E-state index contributed by atoms with van der Waals surface area (Å²) in [4.78, 5) is 12.0. The first-order valence-electron chi connectivity index (χ1n) is 6.31. The van der Waals surface area contributed by atoms with E-state index in [2.05, 4.69) is 12.2 Å². The standard InChI is InChI=1S/C14H20N2O2/c1-3-14(4-5-14)9-16-13(17)10-6-11(15)8-12(7-10)18-2/h6-8H,3-5,9,15H2,1-2H3,(H,16,17). The lowest BCUT2D eigenvalue weighted by Crippen LogP contribution is -2.30. The Balaban J connectivity index is 2.02. The highest BCUT2D eigenvalue weighted by atomic mass is 16.5. The van der Waals surface area contributed by atoms with Crippen LogP contribution in [-0.2, 0) is 0 Å². The fourth-order valence-corrected chi connectivity index (χ4v) is 2.07. The van der Waals surface area contributed by atoms with Gasteiger partial charge >= 0.3 is 0 Å². The Morgan fingerprint density at radius 2 is 2.17 bits per heavy atom. The Morgan fingerprint density at radius 1 is 1.44 bits per heavy atom. The number of hydrogen-bond acceptors (Lipinski definition) is 3. The van der Waals surface area contributed by atoms with E-state index in [1.54, 1.807) is 25.3 Å². The van der Waals surface area contributed by atoms with Gasteiger partial charge in [-0.25, -0.2) is 0 Å². The fraction of sp³-hybridized carbons (Fsp3) is 0.500. The molecule has 1 aliphatic rings. The van der Waals surface area contributed by atoms with E-state index in [4.69, 9.17) is 10.5 Å². The quantitative estimate of drug-likeness (QED) is 0.785. The van der Waals surface area contributed by atoms with Crippen LogP contribution in [-0.4, -0.2) is 19.6 Å². The van der Waals surface area contributed by atoms with Crippen LogP contribution in [0.4, 0.5) is 5.69 Å². The molecule has 4 heteroatoms. The molecule has 0 heterocycles. The molecule has 4 nitrogen and oxygen atoms in total. The average Bonchev–Trinajstić information content (AvgIpc) is 3.16. The Morgan fingerprint density at radius 3 is 2.72 bits per heavy atom. The normalized spacial score (nSPS) is 16.1. The lowest BCUT2D eigenvalue weighted by atomic mass is 10.0. The number of methoxy groups -OCH3 is 1. The summed E-state index contributed by atoms with van der Waals surface area (Å²) in [5, 5.41) is 2.98. The zero-order valence-corrected chi connectivity index (χ0v) is 11.0. The first-order chi connectivity index (χ1) is 8.58. The van der Waals surface area contributed by atoms with Crippen molar-refractivity contribution in [3.8, 4) is 5.75 Å². The van der Waals surface area contributed by atoms with E-state index in [1.165, 1.54) is 12.8 Å². The van der Waals surface area contributed by atoms with Gasteiger partial charge in [0.2, 0.25) is 0 Å². The van der Waals surface area contributed by atoms with Crippen molar-refractivity contribution in [2.24, 2.45) is 5.41 Å². The van der Waals surface area contributed by atoms with Gasteiger partial charge in [-0.15, -0.1) is 0 Å². The van der Waals surface area contributed by atoms with Crippen molar-refractivity contribution in [3.05, 3.63) is 23.8 Å². The summed E-state index contributed by atoms with van der Waals surface area (Å²) in [5.41, 5.74) is 7.17. The SMILES string of the molecule is CCC1(CNC(=O)c2cc(N)cc(OC)c2)CC1. The lowest BCUT2D eigenvalue weighted by molar-refractivity contribution is 0.0944. The fourth-order valence-electron chi connectivity index (χ4n) is 2.07. The number of carbonyl (C=O) groups is 1. The second-order valence-corrected chi connectivity index (χ2v) is 5.03. The van der Waals surface area contributed by atoms with E-state index in [0.29, 0.717) is 22.4 Å². The molecule has 98 valence electrons. The molecule has 0 atom stereocenters. The maximum Gasteiger partial charge on any atom is 0.251 e. The number of carbonyl (C=O) groups excluding carboxylic acids is 1. The number of ether oxygens (including phenoxy) is 1. The number of rotatable bonds is 5. The molecule has 2 rings (SSSR count). The third-order valence-corrected chi connectivity index (χ3v) is 3.76. The molecule has 0 bridgehead atoms. The summed E-state index contributed by atoms with van der Waals surface area (Å²) in [7, 11) is 1.56. The molecule has 1 aromatic rings. The topological polar surface area (TPSA) is 64.4 Å². The van der Waals surface area contributed by atoms with Crippen LogP contribution >= 0.6 is 0 Å². The second kappa shape index (κ2) is 4.88. The minimum atomic E-state index is -0.0830. The first kappa shape index (κ1) is 12.7. The van der Waals surface area contributed by atoms with Crippen molar-refractivity contribution in [2.75, 3.05) is 19.4 Å². The zero-order chi connectivity index (χ0) is 13.2. The molecule has 0 spiro atoms. The molecule has 1 aromatic carbocycles. The van der Waals surface area contributed by atoms with Crippen LogP contribution in [0.15, 0.2) is 18.2 Å². The van der Waals surface area contributed by atoms with Gasteiger partial charge in [-0.2, -0.15) is 0 Å². The van der Waals surface area contributed by atoms with E-state index < -0.39 is 0 Å². The highest BCUT2D eigenvalue weighted by molar-refractivity contribution is 5.95. The Labute approximate surface area is 108 Å². The summed E-state index contributed by atoms with van der Waals surface area (Å²) in [6.45, 7) is 2.92. The van der Waals surface area contributed by atoms with Crippen LogP contribution < -0.4 is 15.8 Å². The van der Waals surface area contributed by atoms with E-state index in [-0.39, 0.29) is 5.91 Å². The van der Waals surface area contributed by atoms with Gasteiger partial charge in [0.15, 0.2) is 0 Å². The first-order valence-corrected chi connectivity index (χ1v) is 6.31. The van der Waals surface area contributed by atoms with Crippen LogP contribution in [0.2, 0.25) is 0 Å². The minimum absolute atomic E-state index is 0.0830. The smallest absolute Gasteiger partial charge is 0.251 e. The number of nitrogen functional groups attached to an aromatic ring is 1. The maximum atomic E-state index is 12.0. The average molecular weight is 248 g/mol. The van der Waals surface area contributed by atoms with Gasteiger partial charge < -0.3 is 15.8 Å². The summed E-state index contributed by atoms with van der Waals surface area (Å²) in [6.07, 6.45) is 3.54. The van der Waals surface area contributed by atoms with Gasteiger partial charge in [0.25, 0.3) is 5.91 Å². The number of anilines is 1. The van der Waals surface area contributed by atoms with Gasteiger partial charge in [-0.05, 0) is 36.8 Å². The molecule has 1 aliphatic carbocycles. The van der Waals surface area contributed by atoms with Gasteiger partial charge in [0, 0.05) is 23.9 Å². The van der Waals surface area contributed by atoms with E-state index in [1.807, 2.05) is 0 Å². The number of nitrogens with one attached hydrogen (secondary N) is 1. The highest BCUT2D eigenvalue weighted by Crippen LogP contribution is 2.47. The zero-order valence-electron chi connectivity index (χ0n) is 11.0. The van der Waals surface area contributed by atoms with Gasteiger partial charge in [0.05, 0.1) is 7.11 Å². The monoisotopic (exact) mass is 248 g/mol. The molecule has 1 fully saturated rings. The van der Waals surface area contributed by atoms with E-state index >= 15 is 0 Å². The van der Waals surface area contributed by atoms with Gasteiger partial charge in [-0.3, -0.25) is 4.79 Å². The Hall–Kier alpha value is -1.71. The maximum absolute atomic E-state index is 12.0. The van der Waals surface area contributed by atoms with Gasteiger partial charge in [0.1, 0.15) is 5.75 Å². The number of amides is 1. The van der Waals surface area contributed by atoms with Crippen LogP contribution in [0.1, 0.15) is 36.5 Å². The van der Waals surface area contributed by atoms with Crippen molar-refractivity contribution in [1.29, 1.82) is 0 Å². The van der Waals surface area contributed by atoms with Crippen molar-refractivity contribution < 1.29 is 9.53 Å². The summed E-state index contributed by atoms with van der Waals surface area (Å²) in [6, 6.07) is 5.08.